The summed E-state index contributed by atoms with van der Waals surface area (Å²) in [5.41, 5.74) is 4.58. The third-order valence-electron chi connectivity index (χ3n) is 7.22. The highest BCUT2D eigenvalue weighted by atomic mass is 16.5. The number of anilines is 2. The Balaban J connectivity index is 0.949. The van der Waals surface area contributed by atoms with Crippen molar-refractivity contribution in [2.75, 3.05) is 43.1 Å². The van der Waals surface area contributed by atoms with Gasteiger partial charge in [0.25, 0.3) is 0 Å². The maximum atomic E-state index is 12.6. The van der Waals surface area contributed by atoms with Gasteiger partial charge in [0.1, 0.15) is 18.7 Å². The van der Waals surface area contributed by atoms with Crippen molar-refractivity contribution >= 4 is 23.3 Å². The lowest BCUT2D eigenvalue weighted by Gasteiger charge is -2.41. The lowest BCUT2D eigenvalue weighted by atomic mass is 9.99. The fourth-order valence-electron chi connectivity index (χ4n) is 4.66. The molecule has 2 fully saturated rings. The van der Waals surface area contributed by atoms with Crippen molar-refractivity contribution in [1.29, 1.82) is 0 Å². The van der Waals surface area contributed by atoms with Crippen LogP contribution in [0.5, 0.6) is 5.75 Å². The van der Waals surface area contributed by atoms with Gasteiger partial charge in [-0.15, -0.1) is 0 Å². The molecule has 0 radical (unpaired) electrons. The number of hydrogen-bond donors (Lipinski definition) is 2. The number of hydrogen-bond acceptors (Lipinski definition) is 6. The Bertz CT molecular complexity index is 1440. The highest BCUT2D eigenvalue weighted by Crippen LogP contribution is 2.24. The van der Waals surface area contributed by atoms with E-state index < -0.39 is 0 Å². The summed E-state index contributed by atoms with van der Waals surface area (Å²) in [6, 6.07) is 25.4. The maximum Gasteiger partial charge on any atom is 0.326 e. The zero-order valence-corrected chi connectivity index (χ0v) is 22.0. The Hall–Kier alpha value is -4.63. The molecule has 3 aromatic carbocycles. The number of ether oxygens (including phenoxy) is 2. The van der Waals surface area contributed by atoms with Crippen LogP contribution in [0.3, 0.4) is 0 Å². The molecule has 2 saturated heterocycles. The molecule has 0 aliphatic carbocycles. The monoisotopic (exact) mass is 537 g/mol. The molecule has 0 spiro atoms. The van der Waals surface area contributed by atoms with Gasteiger partial charge in [-0.1, -0.05) is 30.3 Å². The molecule has 0 bridgehead atoms. The molecule has 2 aliphatic rings. The number of nitrogens with one attached hydrogen (secondary N) is 2. The van der Waals surface area contributed by atoms with Gasteiger partial charge in [0, 0.05) is 48.7 Å². The van der Waals surface area contributed by atoms with Gasteiger partial charge < -0.3 is 25.0 Å². The summed E-state index contributed by atoms with van der Waals surface area (Å²) in [4.78, 5) is 31.4. The summed E-state index contributed by atoms with van der Waals surface area (Å²) in [5, 5.41) is 5.92. The Morgan fingerprint density at radius 3 is 2.40 bits per heavy atom. The Kier molecular flexibility index (Phi) is 7.45. The van der Waals surface area contributed by atoms with Crippen molar-refractivity contribution in [3.8, 4) is 17.0 Å². The first-order valence-corrected chi connectivity index (χ1v) is 13.4. The predicted octanol–water partition coefficient (Wildman–Crippen LogP) is 4.41. The molecule has 204 valence electrons. The molecule has 2 N–H and O–H groups in total. The van der Waals surface area contributed by atoms with Crippen LogP contribution in [0.1, 0.15) is 5.56 Å². The van der Waals surface area contributed by atoms with Gasteiger partial charge in [0.2, 0.25) is 5.91 Å². The van der Waals surface area contributed by atoms with Crippen LogP contribution < -0.4 is 20.3 Å². The van der Waals surface area contributed by atoms with Gasteiger partial charge in [0.15, 0.2) is 0 Å². The van der Waals surface area contributed by atoms with E-state index in [2.05, 4.69) is 32.7 Å². The zero-order valence-electron chi connectivity index (χ0n) is 22.0. The summed E-state index contributed by atoms with van der Waals surface area (Å²) in [5.74, 6) is 1.10. The van der Waals surface area contributed by atoms with Crippen LogP contribution >= 0.6 is 0 Å². The number of carbonyl (C=O) groups excluding carboxylic acids is 2. The second-order valence-corrected chi connectivity index (χ2v) is 10.2. The van der Waals surface area contributed by atoms with Crippen LogP contribution in [-0.2, 0) is 16.1 Å². The second kappa shape index (κ2) is 11.6. The summed E-state index contributed by atoms with van der Waals surface area (Å²) >= 11 is 0. The molecule has 0 unspecified atom stereocenters. The van der Waals surface area contributed by atoms with Crippen molar-refractivity contribution in [3.05, 3.63) is 97.0 Å². The minimum absolute atomic E-state index is 0.00921. The van der Waals surface area contributed by atoms with Crippen LogP contribution in [0, 0.1) is 11.8 Å². The highest BCUT2D eigenvalue weighted by Gasteiger charge is 2.27. The molecule has 6 rings (SSSR count). The Morgan fingerprint density at radius 2 is 1.70 bits per heavy atom. The minimum Gasteiger partial charge on any atom is -0.489 e. The van der Waals surface area contributed by atoms with E-state index in [1.54, 1.807) is 6.20 Å². The Labute approximate surface area is 232 Å². The molecule has 0 atom stereocenters. The number of imidazole rings is 1. The van der Waals surface area contributed by atoms with Crippen molar-refractivity contribution in [2.45, 2.75) is 6.61 Å². The third-order valence-corrected chi connectivity index (χ3v) is 7.22. The summed E-state index contributed by atoms with van der Waals surface area (Å²) < 4.78 is 12.5. The first kappa shape index (κ1) is 25.6. The fourth-order valence-corrected chi connectivity index (χ4v) is 4.66. The number of nitrogens with zero attached hydrogens (tertiary/aromatic N) is 3. The lowest BCUT2D eigenvalue weighted by molar-refractivity contribution is -0.133. The summed E-state index contributed by atoms with van der Waals surface area (Å²) in [7, 11) is 0. The number of rotatable bonds is 9. The van der Waals surface area contributed by atoms with Crippen LogP contribution in [0.4, 0.5) is 16.2 Å². The van der Waals surface area contributed by atoms with E-state index in [1.165, 1.54) is 16.6 Å². The SMILES string of the molecule is O=C(Nc1ccc(COc2ccc(-c3cn(C(=O)NCC4CN(c5ccccc5)C4)cn3)cc2)cc1)C1COC1. The molecule has 1 aromatic heterocycles. The largest absolute Gasteiger partial charge is 0.489 e. The number of aromatic nitrogens is 2. The summed E-state index contributed by atoms with van der Waals surface area (Å²) in [6.07, 6.45) is 3.28. The third kappa shape index (κ3) is 6.00. The minimum atomic E-state index is -0.181. The molecular formula is C31H31N5O4. The van der Waals surface area contributed by atoms with Gasteiger partial charge in [-0.25, -0.2) is 9.78 Å². The smallest absolute Gasteiger partial charge is 0.326 e. The van der Waals surface area contributed by atoms with E-state index >= 15 is 0 Å². The summed E-state index contributed by atoms with van der Waals surface area (Å²) in [6.45, 7) is 3.89. The molecule has 3 heterocycles. The van der Waals surface area contributed by atoms with Crippen LogP contribution in [0.15, 0.2) is 91.4 Å². The van der Waals surface area contributed by atoms with Crippen LogP contribution in [0.25, 0.3) is 11.3 Å². The molecule has 9 heteroatoms. The first-order chi connectivity index (χ1) is 19.6. The average molecular weight is 538 g/mol. The second-order valence-electron chi connectivity index (χ2n) is 10.2. The lowest BCUT2D eigenvalue weighted by Crippen LogP contribution is -2.51. The highest BCUT2D eigenvalue weighted by molar-refractivity contribution is 5.93. The van der Waals surface area contributed by atoms with Crippen molar-refractivity contribution < 1.29 is 19.1 Å². The fraction of sp³-hybridized carbons (Fsp3) is 0.258. The van der Waals surface area contributed by atoms with Gasteiger partial charge in [-0.3, -0.25) is 9.36 Å². The topological polar surface area (TPSA) is 97.7 Å². The van der Waals surface area contributed by atoms with Gasteiger partial charge in [-0.2, -0.15) is 0 Å². The van der Waals surface area contributed by atoms with Crippen molar-refractivity contribution in [1.82, 2.24) is 14.9 Å². The number of benzene rings is 3. The predicted molar refractivity (Wildman–Crippen MR) is 152 cm³/mol. The van der Waals surface area contributed by atoms with Gasteiger partial charge >= 0.3 is 6.03 Å². The van der Waals surface area contributed by atoms with Gasteiger partial charge in [0.05, 0.1) is 24.8 Å². The number of para-hydroxylation sites is 1. The zero-order chi connectivity index (χ0) is 27.3. The average Bonchev–Trinajstić information content (AvgIpc) is 3.42. The molecule has 40 heavy (non-hydrogen) atoms. The van der Waals surface area contributed by atoms with E-state index in [9.17, 15) is 9.59 Å². The van der Waals surface area contributed by atoms with E-state index in [-0.39, 0.29) is 17.9 Å². The quantitative estimate of drug-likeness (QED) is 0.328. The molecule has 2 aliphatic heterocycles. The normalized spacial score (nSPS) is 15.2. The van der Waals surface area contributed by atoms with E-state index in [4.69, 9.17) is 9.47 Å². The molecule has 0 saturated carbocycles. The van der Waals surface area contributed by atoms with Crippen molar-refractivity contribution in [3.63, 3.8) is 0 Å². The van der Waals surface area contributed by atoms with Crippen molar-refractivity contribution in [2.24, 2.45) is 11.8 Å². The Morgan fingerprint density at radius 1 is 0.950 bits per heavy atom. The first-order valence-electron chi connectivity index (χ1n) is 13.4. The maximum absolute atomic E-state index is 12.6. The molecule has 9 nitrogen and oxygen atoms in total. The van der Waals surface area contributed by atoms with Crippen LogP contribution in [-0.4, -0.2) is 54.3 Å². The molecule has 2 amide bonds. The van der Waals surface area contributed by atoms with E-state index in [1.807, 2.05) is 66.7 Å². The standard InChI is InChI=1S/C31H31N5O4/c37-30(25-19-39-20-25)34-26-10-6-22(7-11-26)18-40-28-12-8-24(9-13-28)29-17-36(21-33-29)31(38)32-14-23-15-35(16-23)27-4-2-1-3-5-27/h1-13,17,21,23,25H,14-16,18-20H2,(H,32,38)(H,34,37). The number of amides is 2. The van der Waals surface area contributed by atoms with Gasteiger partial charge in [-0.05, 0) is 54.1 Å². The van der Waals surface area contributed by atoms with E-state index in [0.717, 1.165) is 35.7 Å². The molecule has 4 aromatic rings. The number of carbonyl (C=O) groups is 2. The van der Waals surface area contributed by atoms with E-state index in [0.29, 0.717) is 38.0 Å². The molecular weight excluding hydrogens is 506 g/mol. The van der Waals surface area contributed by atoms with Crippen LogP contribution in [0.2, 0.25) is 0 Å².